The zero-order valence-corrected chi connectivity index (χ0v) is 47.7. The van der Waals surface area contributed by atoms with Gasteiger partial charge in [0.05, 0.1) is 0 Å². The van der Waals surface area contributed by atoms with E-state index in [9.17, 15) is 0 Å². The molecule has 0 bridgehead atoms. The number of unbranched alkanes of at least 4 members (excludes halogenated alkanes) is 18. The number of rotatable bonds is 34. The number of benzene rings is 3. The van der Waals surface area contributed by atoms with Crippen LogP contribution in [0.3, 0.4) is 0 Å². The van der Waals surface area contributed by atoms with Crippen LogP contribution in [0.25, 0.3) is 0 Å². The van der Waals surface area contributed by atoms with Crippen molar-refractivity contribution in [2.45, 2.75) is 248 Å². The Balaban J connectivity index is 0.00000704. The maximum absolute atomic E-state index is 2.81. The van der Waals surface area contributed by atoms with Crippen LogP contribution < -0.4 is 52.8 Å². The molecule has 0 fully saturated rings. The smallest absolute Gasteiger partial charge is 1.00 e. The molecule has 0 aliphatic heterocycles. The van der Waals surface area contributed by atoms with E-state index in [1.165, 1.54) is 193 Å². The number of hydrogen-bond acceptors (Lipinski definition) is 0. The number of halogens is 3. The third kappa shape index (κ3) is 20.1. The van der Waals surface area contributed by atoms with E-state index >= 15 is 0 Å². The van der Waals surface area contributed by atoms with Gasteiger partial charge in [0.15, 0.2) is 0 Å². The molecule has 0 heterocycles. The van der Waals surface area contributed by atoms with Crippen LogP contribution >= 0.6 is 0 Å². The molecule has 0 radical (unpaired) electrons. The van der Waals surface area contributed by atoms with Crippen LogP contribution in [0, 0.1) is 0 Å². The van der Waals surface area contributed by atoms with E-state index in [2.05, 4.69) is 130 Å². The first-order valence-electron chi connectivity index (χ1n) is 26.9. The Morgan fingerprint density at radius 1 is 0.354 bits per heavy atom. The van der Waals surface area contributed by atoms with Crippen molar-refractivity contribution in [2.24, 2.45) is 0 Å². The molecule has 0 saturated heterocycles. The fourth-order valence-electron chi connectivity index (χ4n) is 10.4. The number of hydrogen-bond donors (Lipinski definition) is 0. The fraction of sp³-hybridized carbons (Fsp3) is 0.633. The summed E-state index contributed by atoms with van der Waals surface area (Å²) in [4.78, 5) is 0. The predicted octanol–water partition coefficient (Wildman–Crippen LogP) is 7.60. The summed E-state index contributed by atoms with van der Waals surface area (Å²) in [6.07, 6.45) is 42.7. The minimum atomic E-state index is -2.81. The van der Waals surface area contributed by atoms with E-state index < -0.39 is 8.07 Å². The van der Waals surface area contributed by atoms with Crippen LogP contribution in [0.5, 0.6) is 0 Å². The van der Waals surface area contributed by atoms with Gasteiger partial charge < -0.3 is 37.2 Å². The molecular weight excluding hydrogens is 903 g/mol. The molecule has 3 aromatic carbocycles. The summed E-state index contributed by atoms with van der Waals surface area (Å²) >= 11 is 2.44. The van der Waals surface area contributed by atoms with E-state index in [0.717, 1.165) is 6.42 Å². The number of aryl methyl sites for hydroxylation is 6. The molecular formula is C60H93Cl3SiTi. The van der Waals surface area contributed by atoms with Crippen LogP contribution in [-0.2, 0) is 59.0 Å². The first-order chi connectivity index (χ1) is 30.3. The number of allylic oxidation sites excluding steroid dienone is 4. The molecule has 3 aromatic rings. The first-order valence-corrected chi connectivity index (χ1v) is 29.6. The maximum Gasteiger partial charge on any atom is -1.00 e. The van der Waals surface area contributed by atoms with E-state index in [4.69, 9.17) is 0 Å². The molecule has 65 heavy (non-hydrogen) atoms. The predicted molar refractivity (Wildman–Crippen MR) is 276 cm³/mol. The Bertz CT molecular complexity index is 1530. The van der Waals surface area contributed by atoms with Gasteiger partial charge in [-0.15, -0.1) is 0 Å². The van der Waals surface area contributed by atoms with Crippen molar-refractivity contribution in [3.8, 4) is 0 Å². The van der Waals surface area contributed by atoms with Crippen molar-refractivity contribution in [3.05, 3.63) is 109 Å². The van der Waals surface area contributed by atoms with Crippen molar-refractivity contribution in [2.75, 3.05) is 0 Å². The zero-order chi connectivity index (χ0) is 44.4. The van der Waals surface area contributed by atoms with Gasteiger partial charge >= 0.3 is 359 Å². The largest absolute Gasteiger partial charge is 1.00 e. The maximum atomic E-state index is 2.79. The van der Waals surface area contributed by atoms with Crippen LogP contribution in [0.2, 0.25) is 0 Å². The minimum Gasteiger partial charge on any atom is -1.00 e. The van der Waals surface area contributed by atoms with Crippen LogP contribution in [0.4, 0.5) is 0 Å². The van der Waals surface area contributed by atoms with Gasteiger partial charge in [-0.05, 0) is 0 Å². The van der Waals surface area contributed by atoms with Crippen molar-refractivity contribution in [3.63, 3.8) is 0 Å². The fourth-order valence-corrected chi connectivity index (χ4v) is 16.4. The third-order valence-corrected chi connectivity index (χ3v) is 19.9. The molecule has 0 N–H and O–H groups in total. The average Bonchev–Trinajstić information content (AvgIpc) is 3.61. The van der Waals surface area contributed by atoms with Gasteiger partial charge in [0.2, 0.25) is 0 Å². The molecule has 0 spiro atoms. The van der Waals surface area contributed by atoms with Gasteiger partial charge in [-0.2, -0.15) is 0 Å². The second-order valence-corrected chi connectivity index (χ2v) is 24.4. The van der Waals surface area contributed by atoms with Gasteiger partial charge in [0.25, 0.3) is 0 Å². The Labute approximate surface area is 434 Å². The van der Waals surface area contributed by atoms with Crippen molar-refractivity contribution in [1.82, 2.24) is 0 Å². The Kier molecular flexibility index (Phi) is 34.3. The summed E-state index contributed by atoms with van der Waals surface area (Å²) in [5.74, 6) is 0. The molecule has 0 atom stereocenters. The second-order valence-electron chi connectivity index (χ2n) is 19.7. The average molecular weight is 997 g/mol. The van der Waals surface area contributed by atoms with Crippen LogP contribution in [0.15, 0.2) is 75.3 Å². The summed E-state index contributed by atoms with van der Waals surface area (Å²) in [5, 5.41) is 6.74. The summed E-state index contributed by atoms with van der Waals surface area (Å²) in [6.45, 7) is 16.6. The summed E-state index contributed by atoms with van der Waals surface area (Å²) in [7, 11) is -2.81. The quantitative estimate of drug-likeness (QED) is 0.0329. The van der Waals surface area contributed by atoms with Crippen molar-refractivity contribution >= 4 is 23.6 Å². The minimum absolute atomic E-state index is 0. The molecule has 0 saturated carbocycles. The second kappa shape index (κ2) is 36.0. The van der Waals surface area contributed by atoms with E-state index in [1.54, 1.807) is 63.6 Å². The Hall–Kier alpha value is -1.06. The molecule has 0 aromatic heterocycles. The van der Waals surface area contributed by atoms with E-state index in [0.29, 0.717) is 0 Å². The van der Waals surface area contributed by atoms with Gasteiger partial charge in [-0.3, -0.25) is 0 Å². The molecule has 0 amide bonds. The molecule has 0 unspecified atom stereocenters. The van der Waals surface area contributed by atoms with Crippen molar-refractivity contribution in [1.29, 1.82) is 0 Å². The Morgan fingerprint density at radius 3 is 0.769 bits per heavy atom. The SMILES string of the molecule is CCCCCCc1cc(CCCCCC)cc([Si](C2=CC[C]([Ti+3])=C2C)(c2cc(CCCCCC)cc(CCCCCC)c2)c2cc(CCCCCC)cc(CCCCCC)c2)c1.[Cl-].[Cl-].[Cl-]. The van der Waals surface area contributed by atoms with Crippen molar-refractivity contribution < 1.29 is 57.7 Å². The van der Waals surface area contributed by atoms with Crippen LogP contribution in [0.1, 0.15) is 242 Å². The zero-order valence-electron chi connectivity index (χ0n) is 42.8. The first kappa shape index (κ1) is 62.0. The molecule has 4 rings (SSSR count). The van der Waals surface area contributed by atoms with Gasteiger partial charge in [0, 0.05) is 0 Å². The van der Waals surface area contributed by atoms with E-state index in [-0.39, 0.29) is 37.2 Å². The molecule has 5 heteroatoms. The summed E-state index contributed by atoms with van der Waals surface area (Å²) in [6, 6.07) is 24.7. The topological polar surface area (TPSA) is 0 Å². The third-order valence-electron chi connectivity index (χ3n) is 14.1. The monoisotopic (exact) mass is 995 g/mol. The van der Waals surface area contributed by atoms with Gasteiger partial charge in [0.1, 0.15) is 0 Å². The standard InChI is InChI=1S/C60H93Si.3ClH.Ti/c1-8-14-20-26-34-51-41-52(35-27-21-15-9-2)45-57(44-51)61(60-40-32-33-50(60)7,58-46-53(36-28-22-16-10-3)42-54(47-58)37-29-23-17-11-4)59-48-55(38-30-24-18-12-5)43-56(49-59)39-31-25-19-13-6;;;;/h40-49H,8-32,34-39H2,1-7H3;3*1H;/q;;;;+3/p-3. The van der Waals surface area contributed by atoms with Gasteiger partial charge in [-0.1, -0.05) is 41.5 Å². The Morgan fingerprint density at radius 2 is 0.585 bits per heavy atom. The molecule has 0 nitrogen and oxygen atoms in total. The van der Waals surface area contributed by atoms with Crippen LogP contribution in [-0.4, -0.2) is 8.07 Å². The summed E-state index contributed by atoms with van der Waals surface area (Å²) in [5.41, 5.74) is 11.2. The van der Waals surface area contributed by atoms with Gasteiger partial charge in [-0.25, -0.2) is 0 Å². The summed E-state index contributed by atoms with van der Waals surface area (Å²) < 4.78 is 1.58. The molecule has 362 valence electrons. The van der Waals surface area contributed by atoms with E-state index in [1.807, 2.05) is 0 Å². The molecule has 1 aliphatic rings. The molecule has 1 aliphatic carbocycles. The normalized spacial score (nSPS) is 12.5.